The maximum Gasteiger partial charge on any atom is 0.323 e. The number of carbonyl (C=O) groups excluding carboxylic acids is 3. The molecule has 0 saturated heterocycles. The second-order valence-electron chi connectivity index (χ2n) is 10.7. The van der Waals surface area contributed by atoms with Crippen molar-refractivity contribution >= 4 is 35.0 Å². The van der Waals surface area contributed by atoms with Crippen molar-refractivity contribution in [3.8, 4) is 17.2 Å². The molecule has 4 N–H and O–H groups in total. The van der Waals surface area contributed by atoms with Crippen molar-refractivity contribution in [2.75, 3.05) is 49.5 Å². The second-order valence-corrected chi connectivity index (χ2v) is 10.7. The summed E-state index contributed by atoms with van der Waals surface area (Å²) in [5.74, 6) is 0.936. The lowest BCUT2D eigenvalue weighted by atomic mass is 9.99. The first-order valence-electron chi connectivity index (χ1n) is 14.0. The summed E-state index contributed by atoms with van der Waals surface area (Å²) in [5, 5.41) is 18.3. The van der Waals surface area contributed by atoms with Crippen LogP contribution in [0.3, 0.4) is 0 Å². The average molecular weight is 590 g/mol. The van der Waals surface area contributed by atoms with E-state index in [0.717, 1.165) is 0 Å². The van der Waals surface area contributed by atoms with Crippen molar-refractivity contribution in [2.24, 2.45) is 5.92 Å². The third-order valence-electron chi connectivity index (χ3n) is 7.38. The summed E-state index contributed by atoms with van der Waals surface area (Å²) < 4.78 is 17.0. The van der Waals surface area contributed by atoms with Crippen molar-refractivity contribution in [2.45, 2.75) is 26.0 Å². The predicted octanol–water partition coefficient (Wildman–Crippen LogP) is 4.44. The molecule has 0 saturated carbocycles. The Bertz CT molecular complexity index is 1480. The number of benzene rings is 3. The van der Waals surface area contributed by atoms with Gasteiger partial charge >= 0.3 is 12.1 Å². The van der Waals surface area contributed by atoms with Crippen molar-refractivity contribution in [3.63, 3.8) is 0 Å². The molecule has 2 aliphatic rings. The zero-order chi connectivity index (χ0) is 30.5. The molecular weight excluding hydrogens is 554 g/mol. The lowest BCUT2D eigenvalue weighted by molar-refractivity contribution is 0.0371. The van der Waals surface area contributed by atoms with Crippen LogP contribution in [-0.2, 0) is 0 Å². The van der Waals surface area contributed by atoms with Crippen molar-refractivity contribution < 1.29 is 33.7 Å². The highest BCUT2D eigenvalue weighted by Gasteiger charge is 2.34. The van der Waals surface area contributed by atoms with Crippen LogP contribution < -0.4 is 30.2 Å². The lowest BCUT2D eigenvalue weighted by Gasteiger charge is -2.38. The van der Waals surface area contributed by atoms with Crippen LogP contribution in [0.25, 0.3) is 0 Å². The molecule has 3 aromatic carbocycles. The minimum Gasteiger partial charge on any atom is -0.487 e. The third kappa shape index (κ3) is 6.92. The van der Waals surface area contributed by atoms with E-state index in [-0.39, 0.29) is 43.4 Å². The van der Waals surface area contributed by atoms with Crippen LogP contribution in [0, 0.1) is 5.92 Å². The van der Waals surface area contributed by atoms with Gasteiger partial charge in [0.1, 0.15) is 11.9 Å². The molecule has 3 atom stereocenters. The Morgan fingerprint density at radius 2 is 1.63 bits per heavy atom. The van der Waals surface area contributed by atoms with Crippen molar-refractivity contribution in [1.29, 1.82) is 0 Å². The van der Waals surface area contributed by atoms with Gasteiger partial charge in [0, 0.05) is 42.6 Å². The molecule has 0 bridgehead atoms. The average Bonchev–Trinajstić information content (AvgIpc) is 3.47. The summed E-state index contributed by atoms with van der Waals surface area (Å²) in [6.45, 7) is 4.14. The molecule has 5 rings (SSSR count). The van der Waals surface area contributed by atoms with Gasteiger partial charge in [-0.15, -0.1) is 0 Å². The Hall–Kier alpha value is -4.97. The fraction of sp³-hybridized carbons (Fsp3) is 0.323. The van der Waals surface area contributed by atoms with Gasteiger partial charge < -0.3 is 45.1 Å². The Morgan fingerprint density at radius 3 is 2.35 bits per heavy atom. The topological polar surface area (TPSA) is 142 Å². The molecule has 3 aromatic rings. The van der Waals surface area contributed by atoms with Gasteiger partial charge in [0.25, 0.3) is 5.91 Å². The van der Waals surface area contributed by atoms with Crippen LogP contribution >= 0.6 is 0 Å². The number of anilines is 3. The van der Waals surface area contributed by atoms with Gasteiger partial charge in [-0.25, -0.2) is 9.59 Å². The highest BCUT2D eigenvalue weighted by molar-refractivity contribution is 6.02. The number of carbonyl (C=O) groups is 3. The van der Waals surface area contributed by atoms with Gasteiger partial charge in [0.2, 0.25) is 6.79 Å². The number of fused-ring (bicyclic) bond motifs is 2. The molecule has 0 aliphatic carbocycles. The zero-order valence-electron chi connectivity index (χ0n) is 24.2. The fourth-order valence-electron chi connectivity index (χ4n) is 4.88. The maximum absolute atomic E-state index is 13.7. The maximum atomic E-state index is 13.7. The summed E-state index contributed by atoms with van der Waals surface area (Å²) >= 11 is 0. The molecule has 226 valence electrons. The molecule has 12 nitrogen and oxygen atoms in total. The van der Waals surface area contributed by atoms with Gasteiger partial charge in [0.05, 0.1) is 24.8 Å². The number of hydrogen-bond acceptors (Lipinski definition) is 7. The molecule has 0 aromatic heterocycles. The Labute approximate surface area is 249 Å². The number of aliphatic hydroxyl groups excluding tert-OH is 1. The van der Waals surface area contributed by atoms with Gasteiger partial charge in [-0.1, -0.05) is 25.1 Å². The van der Waals surface area contributed by atoms with E-state index in [1.807, 2.05) is 25.1 Å². The SMILES string of the molecule is C[C@@H]1CN([C@@H](C)CO)C(=O)c2cc(NC(=O)Nc3ccc4c(c3)OCO4)ccc2O[C@@H]1CN(C)C(=O)Nc1ccccc1. The van der Waals surface area contributed by atoms with E-state index in [9.17, 15) is 19.5 Å². The second kappa shape index (κ2) is 12.9. The third-order valence-corrected chi connectivity index (χ3v) is 7.38. The standard InChI is InChI=1S/C31H35N5O7/c1-19-15-36(20(2)17-37)29(38)24-13-22(32-30(39)33-23-10-12-26-27(14-23)42-18-41-26)9-11-25(24)43-28(19)16-35(3)31(40)34-21-7-5-4-6-8-21/h4-14,19-20,28,37H,15-18H2,1-3H3,(H,34,40)(H2,32,33,39)/t19-,20+,28-/m1/s1. The fourth-order valence-corrected chi connectivity index (χ4v) is 4.88. The summed E-state index contributed by atoms with van der Waals surface area (Å²) in [4.78, 5) is 42.5. The van der Waals surface area contributed by atoms with Crippen molar-refractivity contribution in [3.05, 3.63) is 72.3 Å². The summed E-state index contributed by atoms with van der Waals surface area (Å²) in [6.07, 6.45) is -0.472. The molecule has 2 heterocycles. The first-order chi connectivity index (χ1) is 20.7. The van der Waals surface area contributed by atoms with Gasteiger partial charge in [-0.05, 0) is 49.4 Å². The molecule has 2 aliphatic heterocycles. The van der Waals surface area contributed by atoms with Gasteiger partial charge in [-0.3, -0.25) is 4.79 Å². The Balaban J connectivity index is 1.34. The predicted molar refractivity (Wildman–Crippen MR) is 161 cm³/mol. The lowest BCUT2D eigenvalue weighted by Crippen LogP contribution is -2.50. The highest BCUT2D eigenvalue weighted by atomic mass is 16.7. The minimum atomic E-state index is -0.517. The summed E-state index contributed by atoms with van der Waals surface area (Å²) in [7, 11) is 1.68. The van der Waals surface area contributed by atoms with E-state index < -0.39 is 18.2 Å². The monoisotopic (exact) mass is 589 g/mol. The molecule has 0 fully saturated rings. The number of amides is 5. The Kier molecular flexibility index (Phi) is 8.86. The van der Waals surface area contributed by atoms with Crippen LogP contribution in [-0.4, -0.2) is 78.6 Å². The van der Waals surface area contributed by atoms with Gasteiger partial charge in [-0.2, -0.15) is 0 Å². The van der Waals surface area contributed by atoms with E-state index in [4.69, 9.17) is 14.2 Å². The number of hydrogen-bond donors (Lipinski definition) is 4. The summed E-state index contributed by atoms with van der Waals surface area (Å²) in [5.41, 5.74) is 1.78. The molecule has 5 amide bonds. The normalized spacial score (nSPS) is 18.0. The van der Waals surface area contributed by atoms with E-state index in [2.05, 4.69) is 16.0 Å². The van der Waals surface area contributed by atoms with Crippen LogP contribution in [0.4, 0.5) is 26.7 Å². The van der Waals surface area contributed by atoms with Crippen molar-refractivity contribution in [1.82, 2.24) is 9.80 Å². The van der Waals surface area contributed by atoms with Crippen LogP contribution in [0.2, 0.25) is 0 Å². The largest absolute Gasteiger partial charge is 0.487 e. The smallest absolute Gasteiger partial charge is 0.323 e. The van der Waals surface area contributed by atoms with Crippen LogP contribution in [0.15, 0.2) is 66.7 Å². The Morgan fingerprint density at radius 1 is 0.953 bits per heavy atom. The van der Waals surface area contributed by atoms with E-state index >= 15 is 0 Å². The number of urea groups is 2. The number of rotatable bonds is 7. The van der Waals surface area contributed by atoms with E-state index in [1.165, 1.54) is 4.90 Å². The number of aliphatic hydroxyl groups is 1. The van der Waals surface area contributed by atoms with Crippen LogP contribution in [0.5, 0.6) is 17.2 Å². The highest BCUT2D eigenvalue weighted by Crippen LogP contribution is 2.34. The molecule has 12 heteroatoms. The quantitative estimate of drug-likeness (QED) is 0.319. The molecular formula is C31H35N5O7. The van der Waals surface area contributed by atoms with E-state index in [0.29, 0.717) is 40.9 Å². The number of ether oxygens (including phenoxy) is 3. The van der Waals surface area contributed by atoms with E-state index in [1.54, 1.807) is 67.4 Å². The number of nitrogens with one attached hydrogen (secondary N) is 3. The van der Waals surface area contributed by atoms with Gasteiger partial charge in [0.15, 0.2) is 11.5 Å². The molecule has 0 radical (unpaired) electrons. The minimum absolute atomic E-state index is 0.124. The molecule has 43 heavy (non-hydrogen) atoms. The van der Waals surface area contributed by atoms with Crippen LogP contribution in [0.1, 0.15) is 24.2 Å². The first kappa shape index (κ1) is 29.5. The summed E-state index contributed by atoms with van der Waals surface area (Å²) in [6, 6.07) is 17.7. The zero-order valence-corrected chi connectivity index (χ0v) is 24.2. The molecule has 0 spiro atoms. The number of nitrogens with zero attached hydrogens (tertiary/aromatic N) is 2. The molecule has 0 unspecified atom stereocenters. The number of likely N-dealkylation sites (N-methyl/N-ethyl adjacent to an activating group) is 1. The first-order valence-corrected chi connectivity index (χ1v) is 14.0. The number of para-hydroxylation sites is 1.